The van der Waals surface area contributed by atoms with Crippen LogP contribution in [-0.2, 0) is 11.0 Å². The van der Waals surface area contributed by atoms with Gasteiger partial charge in [-0.2, -0.15) is 13.2 Å². The van der Waals surface area contributed by atoms with Gasteiger partial charge in [-0.25, -0.2) is 4.85 Å². The first-order valence-electron chi connectivity index (χ1n) is 8.70. The summed E-state index contributed by atoms with van der Waals surface area (Å²) in [7, 11) is 0. The third-order valence-electron chi connectivity index (χ3n) is 4.33. The fraction of sp³-hybridized carbons (Fsp3) is 0.250. The van der Waals surface area contributed by atoms with Gasteiger partial charge in [0.05, 0.1) is 17.7 Å². The van der Waals surface area contributed by atoms with Crippen molar-refractivity contribution in [1.82, 2.24) is 10.6 Å². The molecule has 9 heteroatoms. The molecule has 0 bridgehead atoms. The number of rotatable bonds is 4. The quantitative estimate of drug-likeness (QED) is 0.757. The van der Waals surface area contributed by atoms with Crippen LogP contribution in [0.4, 0.5) is 18.9 Å². The lowest BCUT2D eigenvalue weighted by atomic mass is 10.0. The lowest BCUT2D eigenvalue weighted by molar-refractivity contribution is -0.137. The summed E-state index contributed by atoms with van der Waals surface area (Å²) in [4.78, 5) is 27.4. The van der Waals surface area contributed by atoms with Crippen LogP contribution in [0.5, 0.6) is 11.5 Å². The van der Waals surface area contributed by atoms with Gasteiger partial charge < -0.3 is 15.4 Å². The van der Waals surface area contributed by atoms with Gasteiger partial charge in [0.15, 0.2) is 5.69 Å². The van der Waals surface area contributed by atoms with Gasteiger partial charge in [-0.05, 0) is 36.8 Å². The van der Waals surface area contributed by atoms with E-state index in [1.165, 1.54) is 24.3 Å². The Hall–Kier alpha value is -3.54. The molecule has 0 saturated carbocycles. The first-order chi connectivity index (χ1) is 13.8. The Morgan fingerprint density at radius 3 is 2.55 bits per heavy atom. The number of carbonyl (C=O) groups is 2. The number of ether oxygens (including phenoxy) is 1. The zero-order valence-corrected chi connectivity index (χ0v) is 15.0. The normalized spacial score (nSPS) is 16.5. The molecule has 0 spiro atoms. The van der Waals surface area contributed by atoms with E-state index in [1.54, 1.807) is 0 Å². The minimum Gasteiger partial charge on any atom is -0.457 e. The van der Waals surface area contributed by atoms with Crippen LogP contribution in [0, 0.1) is 6.57 Å². The number of carbonyl (C=O) groups excluding carboxylic acids is 2. The van der Waals surface area contributed by atoms with Crippen molar-refractivity contribution in [3.63, 3.8) is 0 Å². The van der Waals surface area contributed by atoms with Crippen molar-refractivity contribution in [2.45, 2.75) is 25.1 Å². The first kappa shape index (κ1) is 20.2. The molecule has 1 saturated heterocycles. The lowest BCUT2D eigenvalue weighted by Gasteiger charge is -2.23. The highest BCUT2D eigenvalue weighted by atomic mass is 19.4. The first-order valence-corrected chi connectivity index (χ1v) is 8.70. The molecule has 0 aromatic heterocycles. The van der Waals surface area contributed by atoms with Crippen LogP contribution in [0.25, 0.3) is 4.85 Å². The van der Waals surface area contributed by atoms with E-state index in [0.717, 1.165) is 18.2 Å². The van der Waals surface area contributed by atoms with Crippen LogP contribution in [0.15, 0.2) is 42.5 Å². The van der Waals surface area contributed by atoms with Gasteiger partial charge in [-0.1, -0.05) is 12.1 Å². The van der Waals surface area contributed by atoms with E-state index >= 15 is 0 Å². The highest BCUT2D eigenvalue weighted by molar-refractivity contribution is 5.97. The molecule has 2 N–H and O–H groups in total. The zero-order chi connectivity index (χ0) is 21.0. The highest BCUT2D eigenvalue weighted by Gasteiger charge is 2.32. The maximum Gasteiger partial charge on any atom is 0.416 e. The Morgan fingerprint density at radius 1 is 1.21 bits per heavy atom. The standard InChI is InChI=1S/C20H16F3N3O3/c1-24-13-3-5-15(6-4-13)29-17-7-2-12(20(21,22)23)10-16(17)19(28)26-14-8-9-25-18(27)11-14/h2-7,10,14H,8-9,11H2,(H,25,27)(H,26,28). The van der Waals surface area contributed by atoms with Crippen molar-refractivity contribution in [1.29, 1.82) is 0 Å². The number of alkyl halides is 3. The smallest absolute Gasteiger partial charge is 0.416 e. The zero-order valence-electron chi connectivity index (χ0n) is 15.0. The van der Waals surface area contributed by atoms with Crippen molar-refractivity contribution >= 4 is 17.5 Å². The van der Waals surface area contributed by atoms with Crippen molar-refractivity contribution in [2.24, 2.45) is 0 Å². The predicted molar refractivity (Wildman–Crippen MR) is 97.7 cm³/mol. The average Bonchev–Trinajstić information content (AvgIpc) is 2.68. The monoisotopic (exact) mass is 403 g/mol. The van der Waals surface area contributed by atoms with Crippen LogP contribution < -0.4 is 15.4 Å². The Balaban J connectivity index is 1.89. The molecule has 0 radical (unpaired) electrons. The second-order valence-electron chi connectivity index (χ2n) is 6.43. The molecule has 1 atom stereocenters. The summed E-state index contributed by atoms with van der Waals surface area (Å²) >= 11 is 0. The number of piperidine rings is 1. The summed E-state index contributed by atoms with van der Waals surface area (Å²) in [6.45, 7) is 7.32. The van der Waals surface area contributed by atoms with E-state index < -0.39 is 23.7 Å². The number of amides is 2. The van der Waals surface area contributed by atoms with E-state index in [2.05, 4.69) is 15.5 Å². The van der Waals surface area contributed by atoms with Gasteiger partial charge >= 0.3 is 6.18 Å². The number of halogens is 3. The predicted octanol–water partition coefficient (Wildman–Crippen LogP) is 4.06. The fourth-order valence-corrected chi connectivity index (χ4v) is 2.86. The average molecular weight is 403 g/mol. The molecule has 6 nitrogen and oxygen atoms in total. The summed E-state index contributed by atoms with van der Waals surface area (Å²) in [5.74, 6) is -0.792. The molecular formula is C20H16F3N3O3. The van der Waals surface area contributed by atoms with Crippen molar-refractivity contribution in [2.75, 3.05) is 6.54 Å². The Morgan fingerprint density at radius 2 is 1.93 bits per heavy atom. The molecule has 1 aliphatic heterocycles. The molecule has 3 rings (SSSR count). The topological polar surface area (TPSA) is 71.8 Å². The maximum atomic E-state index is 13.1. The van der Waals surface area contributed by atoms with E-state index in [1.807, 2.05) is 0 Å². The molecular weight excluding hydrogens is 387 g/mol. The fourth-order valence-electron chi connectivity index (χ4n) is 2.86. The van der Waals surface area contributed by atoms with Gasteiger partial charge in [0.2, 0.25) is 5.91 Å². The van der Waals surface area contributed by atoms with Crippen molar-refractivity contribution in [3.8, 4) is 11.5 Å². The van der Waals surface area contributed by atoms with Gasteiger partial charge in [-0.15, -0.1) is 0 Å². The SMILES string of the molecule is [C-]#[N+]c1ccc(Oc2ccc(C(F)(F)F)cc2C(=O)NC2CCNC(=O)C2)cc1. The maximum absolute atomic E-state index is 13.1. The van der Waals surface area contributed by atoms with Crippen LogP contribution in [0.3, 0.4) is 0 Å². The summed E-state index contributed by atoms with van der Waals surface area (Å²) in [5, 5.41) is 5.22. The molecule has 150 valence electrons. The second-order valence-corrected chi connectivity index (χ2v) is 6.43. The van der Waals surface area contributed by atoms with Crippen LogP contribution >= 0.6 is 0 Å². The van der Waals surface area contributed by atoms with Gasteiger partial charge in [0.1, 0.15) is 11.5 Å². The summed E-state index contributed by atoms with van der Waals surface area (Å²) < 4.78 is 45.0. The molecule has 29 heavy (non-hydrogen) atoms. The number of nitrogens with zero attached hydrogens (tertiary/aromatic N) is 1. The minimum atomic E-state index is -4.63. The third-order valence-corrected chi connectivity index (χ3v) is 4.33. The molecule has 1 unspecified atom stereocenters. The van der Waals surface area contributed by atoms with Crippen LogP contribution in [0.1, 0.15) is 28.8 Å². The van der Waals surface area contributed by atoms with Gasteiger partial charge in [0.25, 0.3) is 5.91 Å². The van der Waals surface area contributed by atoms with Crippen molar-refractivity contribution < 1.29 is 27.5 Å². The highest BCUT2D eigenvalue weighted by Crippen LogP contribution is 2.34. The molecule has 0 aliphatic carbocycles. The van der Waals surface area contributed by atoms with E-state index in [-0.39, 0.29) is 29.4 Å². The Bertz CT molecular complexity index is 966. The summed E-state index contributed by atoms with van der Waals surface area (Å²) in [6.07, 6.45) is -4.10. The summed E-state index contributed by atoms with van der Waals surface area (Å²) in [5.41, 5.74) is -0.905. The molecule has 2 aromatic rings. The number of hydrogen-bond donors (Lipinski definition) is 2. The third kappa shape index (κ3) is 5.04. The van der Waals surface area contributed by atoms with Crippen molar-refractivity contribution in [3.05, 3.63) is 65.0 Å². The molecule has 1 heterocycles. The van der Waals surface area contributed by atoms with E-state index in [0.29, 0.717) is 18.7 Å². The summed E-state index contributed by atoms with van der Waals surface area (Å²) in [6, 6.07) is 8.11. The molecule has 1 aliphatic rings. The number of hydrogen-bond acceptors (Lipinski definition) is 3. The largest absolute Gasteiger partial charge is 0.457 e. The molecule has 2 amide bonds. The van der Waals surface area contributed by atoms with Gasteiger partial charge in [-0.3, -0.25) is 9.59 Å². The van der Waals surface area contributed by atoms with Crippen LogP contribution in [0.2, 0.25) is 0 Å². The number of nitrogens with one attached hydrogen (secondary N) is 2. The molecule has 1 fully saturated rings. The van der Waals surface area contributed by atoms with Gasteiger partial charge in [0, 0.05) is 19.0 Å². The number of benzene rings is 2. The minimum absolute atomic E-state index is 0.0545. The Labute approximate surface area is 164 Å². The Kier molecular flexibility index (Phi) is 5.73. The van der Waals surface area contributed by atoms with E-state index in [4.69, 9.17) is 11.3 Å². The lowest BCUT2D eigenvalue weighted by Crippen LogP contribution is -2.45. The molecule has 2 aromatic carbocycles. The van der Waals surface area contributed by atoms with E-state index in [9.17, 15) is 22.8 Å². The van der Waals surface area contributed by atoms with Crippen LogP contribution in [-0.4, -0.2) is 24.4 Å². The second kappa shape index (κ2) is 8.22.